The van der Waals surface area contributed by atoms with Gasteiger partial charge in [0.1, 0.15) is 6.61 Å². The van der Waals surface area contributed by atoms with E-state index in [0.717, 1.165) is 5.56 Å². The van der Waals surface area contributed by atoms with Gasteiger partial charge in [-0.05, 0) is 49.7 Å². The third-order valence-corrected chi connectivity index (χ3v) is 5.35. The Morgan fingerprint density at radius 1 is 1.08 bits per heavy atom. The smallest absolute Gasteiger partial charge is 0.414 e. The minimum absolute atomic E-state index is 0.250. The molecule has 126 valence electrons. The van der Waals surface area contributed by atoms with E-state index in [1.165, 1.54) is 4.90 Å². The summed E-state index contributed by atoms with van der Waals surface area (Å²) in [6, 6.07) is 11.8. The maximum absolute atomic E-state index is 12.5. The summed E-state index contributed by atoms with van der Waals surface area (Å²) in [6.45, 7) is 4.54. The quantitative estimate of drug-likeness (QED) is 0.923. The first-order chi connectivity index (χ1) is 11.4. The Labute approximate surface area is 141 Å². The second kappa shape index (κ2) is 6.16. The first-order valence-corrected chi connectivity index (χ1v) is 8.99. The normalized spacial score (nSPS) is 14.6. The molecule has 1 saturated heterocycles. The lowest BCUT2D eigenvalue weighted by molar-refractivity contribution is 0.181. The Balaban J connectivity index is 1.81. The zero-order valence-corrected chi connectivity index (χ0v) is 14.3. The van der Waals surface area contributed by atoms with E-state index >= 15 is 0 Å². The molecule has 1 amide bonds. The highest BCUT2D eigenvalue weighted by molar-refractivity contribution is 7.92. The number of rotatable bonds is 4. The predicted octanol–water partition coefficient (Wildman–Crippen LogP) is 3.06. The summed E-state index contributed by atoms with van der Waals surface area (Å²) in [6.07, 6.45) is -0.390. The molecule has 0 radical (unpaired) electrons. The van der Waals surface area contributed by atoms with Gasteiger partial charge in [0.2, 0.25) is 0 Å². The van der Waals surface area contributed by atoms with Crippen molar-refractivity contribution in [2.45, 2.75) is 18.7 Å². The zero-order valence-electron chi connectivity index (χ0n) is 13.4. The number of hydrogen-bond donors (Lipinski definition) is 1. The van der Waals surface area contributed by atoms with Gasteiger partial charge >= 0.3 is 6.09 Å². The van der Waals surface area contributed by atoms with Crippen molar-refractivity contribution in [2.24, 2.45) is 0 Å². The molecule has 0 saturated carbocycles. The molecule has 0 unspecified atom stereocenters. The molecule has 2 aromatic carbocycles. The first-order valence-electron chi connectivity index (χ1n) is 7.51. The molecule has 0 aliphatic carbocycles. The van der Waals surface area contributed by atoms with E-state index in [2.05, 4.69) is 4.72 Å². The van der Waals surface area contributed by atoms with Crippen LogP contribution in [0, 0.1) is 13.8 Å². The van der Waals surface area contributed by atoms with Gasteiger partial charge in [-0.15, -0.1) is 0 Å². The molecule has 1 N–H and O–H groups in total. The lowest BCUT2D eigenvalue weighted by Crippen LogP contribution is -2.23. The van der Waals surface area contributed by atoms with Crippen LogP contribution in [-0.2, 0) is 14.8 Å². The van der Waals surface area contributed by atoms with Crippen LogP contribution in [-0.4, -0.2) is 27.7 Å². The summed E-state index contributed by atoms with van der Waals surface area (Å²) in [5.74, 6) is 0. The van der Waals surface area contributed by atoms with Crippen molar-refractivity contribution in [1.82, 2.24) is 0 Å². The van der Waals surface area contributed by atoms with Crippen LogP contribution in [0.25, 0.3) is 0 Å². The average molecular weight is 346 g/mol. The summed E-state index contributed by atoms with van der Waals surface area (Å²) in [5.41, 5.74) is 2.81. The lowest BCUT2D eigenvalue weighted by Gasteiger charge is -2.14. The van der Waals surface area contributed by atoms with Gasteiger partial charge in [-0.1, -0.05) is 17.7 Å². The van der Waals surface area contributed by atoms with Gasteiger partial charge < -0.3 is 4.74 Å². The van der Waals surface area contributed by atoms with Crippen molar-refractivity contribution < 1.29 is 17.9 Å². The van der Waals surface area contributed by atoms with Gasteiger partial charge in [-0.25, -0.2) is 13.2 Å². The number of aryl methyl sites for hydroxylation is 2. The second-order valence-electron chi connectivity index (χ2n) is 5.69. The number of anilines is 2. The predicted molar refractivity (Wildman–Crippen MR) is 91.9 cm³/mol. The molecule has 1 aliphatic heterocycles. The number of carbonyl (C=O) groups excluding carboxylic acids is 1. The molecular formula is C17H18N2O4S. The highest BCUT2D eigenvalue weighted by Crippen LogP contribution is 2.24. The lowest BCUT2D eigenvalue weighted by atomic mass is 10.2. The molecule has 1 fully saturated rings. The summed E-state index contributed by atoms with van der Waals surface area (Å²) < 4.78 is 32.5. The molecule has 0 aromatic heterocycles. The van der Waals surface area contributed by atoms with Gasteiger partial charge in [-0.2, -0.15) is 0 Å². The standard InChI is InChI=1S/C17H18N2O4S/c1-12-3-8-16(13(2)11-12)24(21,22)18-14-4-6-15(7-5-14)19-9-10-23-17(19)20/h3-8,11,18H,9-10H2,1-2H3. The van der Waals surface area contributed by atoms with E-state index in [9.17, 15) is 13.2 Å². The molecule has 1 aliphatic rings. The Kier molecular flexibility index (Phi) is 4.19. The van der Waals surface area contributed by atoms with Gasteiger partial charge in [0.15, 0.2) is 0 Å². The van der Waals surface area contributed by atoms with Crippen LogP contribution in [0.5, 0.6) is 0 Å². The third-order valence-electron chi connectivity index (χ3n) is 3.81. The number of cyclic esters (lactones) is 1. The number of nitrogens with zero attached hydrogens (tertiary/aromatic N) is 1. The molecule has 6 nitrogen and oxygen atoms in total. The topological polar surface area (TPSA) is 75.7 Å². The molecule has 3 rings (SSSR count). The highest BCUT2D eigenvalue weighted by Gasteiger charge is 2.23. The molecule has 1 heterocycles. The fraction of sp³-hybridized carbons (Fsp3) is 0.235. The van der Waals surface area contributed by atoms with E-state index in [0.29, 0.717) is 30.1 Å². The Morgan fingerprint density at radius 2 is 1.79 bits per heavy atom. The maximum atomic E-state index is 12.5. The second-order valence-corrected chi connectivity index (χ2v) is 7.34. The number of nitrogens with one attached hydrogen (secondary N) is 1. The minimum Gasteiger partial charge on any atom is -0.447 e. The minimum atomic E-state index is -3.66. The summed E-state index contributed by atoms with van der Waals surface area (Å²) in [5, 5.41) is 0. The van der Waals surface area contributed by atoms with Crippen LogP contribution >= 0.6 is 0 Å². The van der Waals surface area contributed by atoms with Crippen LogP contribution in [0.2, 0.25) is 0 Å². The van der Waals surface area contributed by atoms with E-state index in [1.54, 1.807) is 43.3 Å². The van der Waals surface area contributed by atoms with Gasteiger partial charge in [0, 0.05) is 11.4 Å². The average Bonchev–Trinajstić information content (AvgIpc) is 2.93. The van der Waals surface area contributed by atoms with E-state index in [-0.39, 0.29) is 4.90 Å². The van der Waals surface area contributed by atoms with Crippen molar-refractivity contribution in [1.29, 1.82) is 0 Å². The Bertz CT molecular complexity index is 876. The summed E-state index contributed by atoms with van der Waals surface area (Å²) >= 11 is 0. The Hall–Kier alpha value is -2.54. The fourth-order valence-electron chi connectivity index (χ4n) is 2.65. The number of ether oxygens (including phenoxy) is 1. The molecule has 0 bridgehead atoms. The zero-order chi connectivity index (χ0) is 17.3. The van der Waals surface area contributed by atoms with Crippen molar-refractivity contribution in [3.63, 3.8) is 0 Å². The van der Waals surface area contributed by atoms with Gasteiger partial charge in [0.25, 0.3) is 10.0 Å². The molecule has 0 atom stereocenters. The molecular weight excluding hydrogens is 328 g/mol. The van der Waals surface area contributed by atoms with Crippen LogP contribution in [0.4, 0.5) is 16.2 Å². The van der Waals surface area contributed by atoms with Crippen molar-refractivity contribution in [2.75, 3.05) is 22.8 Å². The van der Waals surface area contributed by atoms with Crippen molar-refractivity contribution in [3.05, 3.63) is 53.6 Å². The van der Waals surface area contributed by atoms with Crippen molar-refractivity contribution >= 4 is 27.5 Å². The monoisotopic (exact) mass is 346 g/mol. The Morgan fingerprint density at radius 3 is 2.38 bits per heavy atom. The SMILES string of the molecule is Cc1ccc(S(=O)(=O)Nc2ccc(N3CCOC3=O)cc2)c(C)c1. The maximum Gasteiger partial charge on any atom is 0.414 e. The molecule has 7 heteroatoms. The highest BCUT2D eigenvalue weighted by atomic mass is 32.2. The van der Waals surface area contributed by atoms with E-state index in [1.807, 2.05) is 13.0 Å². The van der Waals surface area contributed by atoms with Gasteiger partial charge in [0.05, 0.1) is 11.4 Å². The van der Waals surface area contributed by atoms with Gasteiger partial charge in [-0.3, -0.25) is 9.62 Å². The van der Waals surface area contributed by atoms with Crippen molar-refractivity contribution in [3.8, 4) is 0 Å². The van der Waals surface area contributed by atoms with Crippen LogP contribution in [0.3, 0.4) is 0 Å². The van der Waals surface area contributed by atoms with Crippen LogP contribution < -0.4 is 9.62 Å². The summed E-state index contributed by atoms with van der Waals surface area (Å²) in [7, 11) is -3.66. The summed E-state index contributed by atoms with van der Waals surface area (Å²) in [4.78, 5) is 13.3. The number of amides is 1. The molecule has 24 heavy (non-hydrogen) atoms. The number of hydrogen-bond acceptors (Lipinski definition) is 4. The number of sulfonamides is 1. The van der Waals surface area contributed by atoms with Crippen LogP contribution in [0.1, 0.15) is 11.1 Å². The molecule has 2 aromatic rings. The van der Waals surface area contributed by atoms with E-state index < -0.39 is 16.1 Å². The van der Waals surface area contributed by atoms with Crippen LogP contribution in [0.15, 0.2) is 47.4 Å². The van der Waals surface area contributed by atoms with E-state index in [4.69, 9.17) is 4.74 Å². The third kappa shape index (κ3) is 3.21. The molecule has 0 spiro atoms. The number of carbonyl (C=O) groups is 1. The number of benzene rings is 2. The largest absolute Gasteiger partial charge is 0.447 e. The fourth-order valence-corrected chi connectivity index (χ4v) is 3.93. The first kappa shape index (κ1) is 16.3.